The third-order valence-corrected chi connectivity index (χ3v) is 6.50. The van der Waals surface area contributed by atoms with Crippen LogP contribution in [0.25, 0.3) is 0 Å². The van der Waals surface area contributed by atoms with Crippen LogP contribution < -0.4 is 5.32 Å². The molecule has 0 aromatic heterocycles. The number of hydrogen-bond donors (Lipinski definition) is 2. The number of carboxylic acid groups (broad SMARTS) is 1. The maximum absolute atomic E-state index is 12.3. The molecule has 2 amide bonds. The number of carboxylic acids is 1. The van der Waals surface area contributed by atoms with Gasteiger partial charge in [0.05, 0.1) is 5.41 Å². The van der Waals surface area contributed by atoms with Gasteiger partial charge in [0, 0.05) is 24.4 Å². The first kappa shape index (κ1) is 16.5. The van der Waals surface area contributed by atoms with Gasteiger partial charge in [-0.15, -0.1) is 0 Å². The Bertz CT molecular complexity index is 421. The van der Waals surface area contributed by atoms with E-state index in [4.69, 9.17) is 0 Å². The van der Waals surface area contributed by atoms with Crippen molar-refractivity contribution in [3.05, 3.63) is 0 Å². The van der Waals surface area contributed by atoms with Crippen molar-refractivity contribution in [1.29, 1.82) is 0 Å². The van der Waals surface area contributed by atoms with E-state index in [0.29, 0.717) is 6.54 Å². The van der Waals surface area contributed by atoms with Gasteiger partial charge in [-0.25, -0.2) is 4.79 Å². The van der Waals surface area contributed by atoms with Gasteiger partial charge < -0.3 is 15.3 Å². The molecule has 1 atom stereocenters. The predicted octanol–water partition coefficient (Wildman–Crippen LogP) is 2.41. The molecule has 0 aromatic carbocycles. The van der Waals surface area contributed by atoms with E-state index in [1.165, 1.54) is 12.8 Å². The topological polar surface area (TPSA) is 69.6 Å². The quantitative estimate of drug-likeness (QED) is 0.817. The number of piperidine rings is 1. The van der Waals surface area contributed by atoms with Crippen molar-refractivity contribution in [2.45, 2.75) is 44.3 Å². The molecular formula is C15H26N2O3S. The fourth-order valence-corrected chi connectivity index (χ4v) is 3.59. The van der Waals surface area contributed by atoms with Crippen LogP contribution in [0.1, 0.15) is 39.5 Å². The van der Waals surface area contributed by atoms with Crippen molar-refractivity contribution in [1.82, 2.24) is 10.2 Å². The van der Waals surface area contributed by atoms with Crippen LogP contribution in [-0.4, -0.2) is 52.6 Å². The molecule has 2 aliphatic rings. The largest absolute Gasteiger partial charge is 0.481 e. The zero-order valence-electron chi connectivity index (χ0n) is 13.1. The van der Waals surface area contributed by atoms with Gasteiger partial charge in [-0.1, -0.05) is 0 Å². The van der Waals surface area contributed by atoms with E-state index in [9.17, 15) is 14.7 Å². The molecule has 120 valence electrons. The Hall–Kier alpha value is -0.910. The number of carbonyl (C=O) groups excluding carboxylic acids is 1. The van der Waals surface area contributed by atoms with E-state index in [2.05, 4.69) is 11.6 Å². The molecule has 2 rings (SSSR count). The minimum Gasteiger partial charge on any atom is -0.481 e. The Morgan fingerprint density at radius 3 is 2.62 bits per heavy atom. The van der Waals surface area contributed by atoms with Crippen molar-refractivity contribution >= 4 is 23.8 Å². The van der Waals surface area contributed by atoms with Crippen molar-refractivity contribution in [2.24, 2.45) is 11.3 Å². The summed E-state index contributed by atoms with van der Waals surface area (Å²) in [5, 5.41) is 12.4. The molecule has 1 unspecified atom stereocenters. The Morgan fingerprint density at radius 2 is 2.10 bits per heavy atom. The second kappa shape index (κ2) is 6.07. The van der Waals surface area contributed by atoms with E-state index in [-0.39, 0.29) is 16.7 Å². The minimum absolute atomic E-state index is 0.0185. The molecule has 1 aliphatic carbocycles. The summed E-state index contributed by atoms with van der Waals surface area (Å²) in [5.41, 5.74) is -0.782. The Kier molecular flexibility index (Phi) is 4.76. The minimum atomic E-state index is -0.783. The molecule has 2 fully saturated rings. The number of hydrogen-bond acceptors (Lipinski definition) is 3. The molecule has 1 aliphatic heterocycles. The summed E-state index contributed by atoms with van der Waals surface area (Å²) in [4.78, 5) is 25.5. The summed E-state index contributed by atoms with van der Waals surface area (Å²) >= 11 is 1.82. The van der Waals surface area contributed by atoms with Crippen LogP contribution in [0.3, 0.4) is 0 Å². The summed E-state index contributed by atoms with van der Waals surface area (Å²) in [7, 11) is 0. The number of carbonyl (C=O) groups is 2. The van der Waals surface area contributed by atoms with Crippen LogP contribution in [0.4, 0.5) is 4.79 Å². The van der Waals surface area contributed by atoms with Gasteiger partial charge >= 0.3 is 12.0 Å². The fraction of sp³-hybridized carbons (Fsp3) is 0.867. The fourth-order valence-electron chi connectivity index (χ4n) is 2.87. The normalized spacial score (nSPS) is 24.5. The molecular weight excluding hydrogens is 288 g/mol. The van der Waals surface area contributed by atoms with Crippen molar-refractivity contribution in [3.8, 4) is 0 Å². The van der Waals surface area contributed by atoms with Gasteiger partial charge in [-0.3, -0.25) is 4.79 Å². The monoisotopic (exact) mass is 314 g/mol. The first-order chi connectivity index (χ1) is 9.81. The van der Waals surface area contributed by atoms with Crippen molar-refractivity contribution < 1.29 is 14.7 Å². The lowest BCUT2D eigenvalue weighted by atomic mass is 9.74. The lowest BCUT2D eigenvalue weighted by Gasteiger charge is -2.39. The number of nitrogens with zero attached hydrogens (tertiary/aromatic N) is 1. The van der Waals surface area contributed by atoms with Crippen LogP contribution in [0, 0.1) is 11.3 Å². The van der Waals surface area contributed by atoms with E-state index < -0.39 is 11.4 Å². The highest BCUT2D eigenvalue weighted by molar-refractivity contribution is 8.00. The van der Waals surface area contributed by atoms with Crippen molar-refractivity contribution in [2.75, 3.05) is 25.9 Å². The lowest BCUT2D eigenvalue weighted by molar-refractivity contribution is -0.151. The summed E-state index contributed by atoms with van der Waals surface area (Å²) < 4.78 is 0.255. The standard InChI is InChI=1S/C15H26N2O3S/c1-14(2,12(18)19)11-5-4-8-17(9-11)13(20)16-10-15(21-3)6-7-15/h11H,4-10H2,1-3H3,(H,16,20)(H,18,19). The van der Waals surface area contributed by atoms with Crippen LogP contribution in [0.5, 0.6) is 0 Å². The number of rotatable bonds is 5. The molecule has 0 aromatic rings. The molecule has 1 heterocycles. The maximum Gasteiger partial charge on any atom is 0.317 e. The third kappa shape index (κ3) is 3.65. The van der Waals surface area contributed by atoms with Gasteiger partial charge in [0.2, 0.25) is 0 Å². The lowest BCUT2D eigenvalue weighted by Crippen LogP contribution is -2.50. The van der Waals surface area contributed by atoms with Crippen LogP contribution in [0.15, 0.2) is 0 Å². The smallest absolute Gasteiger partial charge is 0.317 e. The molecule has 0 spiro atoms. The SMILES string of the molecule is CSC1(CNC(=O)N2CCCC(C(C)(C)C(=O)O)C2)CC1. The molecule has 2 N–H and O–H groups in total. The van der Waals surface area contributed by atoms with Gasteiger partial charge in [-0.05, 0) is 51.7 Å². The third-order valence-electron chi connectivity index (χ3n) is 5.08. The number of aliphatic carboxylic acids is 1. The Balaban J connectivity index is 1.88. The Labute approximate surface area is 130 Å². The van der Waals surface area contributed by atoms with Gasteiger partial charge in [0.1, 0.15) is 0 Å². The van der Waals surface area contributed by atoms with E-state index >= 15 is 0 Å². The summed E-state index contributed by atoms with van der Waals surface area (Å²) in [6.07, 6.45) is 6.18. The highest BCUT2D eigenvalue weighted by Gasteiger charge is 2.43. The number of likely N-dealkylation sites (tertiary alicyclic amines) is 1. The van der Waals surface area contributed by atoms with E-state index in [1.54, 1.807) is 18.7 Å². The Morgan fingerprint density at radius 1 is 1.43 bits per heavy atom. The number of urea groups is 1. The van der Waals surface area contributed by atoms with Crippen LogP contribution in [-0.2, 0) is 4.79 Å². The second-order valence-corrected chi connectivity index (χ2v) is 8.13. The molecule has 21 heavy (non-hydrogen) atoms. The number of amides is 2. The molecule has 1 saturated carbocycles. The predicted molar refractivity (Wildman–Crippen MR) is 84.6 cm³/mol. The number of nitrogens with one attached hydrogen (secondary N) is 1. The van der Waals surface area contributed by atoms with Gasteiger partial charge in [0.25, 0.3) is 0 Å². The molecule has 0 bridgehead atoms. The first-order valence-corrected chi connectivity index (χ1v) is 8.84. The van der Waals surface area contributed by atoms with E-state index in [1.807, 2.05) is 11.8 Å². The molecule has 0 radical (unpaired) electrons. The van der Waals surface area contributed by atoms with Gasteiger partial charge in [0.15, 0.2) is 0 Å². The highest BCUT2D eigenvalue weighted by Crippen LogP contribution is 2.46. The molecule has 5 nitrogen and oxygen atoms in total. The molecule has 1 saturated heterocycles. The second-order valence-electron chi connectivity index (χ2n) is 6.86. The van der Waals surface area contributed by atoms with Crippen molar-refractivity contribution in [3.63, 3.8) is 0 Å². The zero-order valence-corrected chi connectivity index (χ0v) is 14.0. The first-order valence-electron chi connectivity index (χ1n) is 7.62. The zero-order chi connectivity index (χ0) is 15.7. The summed E-state index contributed by atoms with van der Waals surface area (Å²) in [6.45, 7) is 5.50. The molecule has 6 heteroatoms. The van der Waals surface area contributed by atoms with E-state index in [0.717, 1.165) is 25.9 Å². The van der Waals surface area contributed by atoms with Crippen LogP contribution >= 0.6 is 11.8 Å². The number of thioether (sulfide) groups is 1. The van der Waals surface area contributed by atoms with Crippen LogP contribution in [0.2, 0.25) is 0 Å². The summed E-state index contributed by atoms with van der Waals surface area (Å²) in [5.74, 6) is -0.765. The van der Waals surface area contributed by atoms with Gasteiger partial charge in [-0.2, -0.15) is 11.8 Å². The average Bonchev–Trinajstić information content (AvgIpc) is 3.25. The maximum atomic E-state index is 12.3. The summed E-state index contributed by atoms with van der Waals surface area (Å²) in [6, 6.07) is -0.0405. The highest BCUT2D eigenvalue weighted by atomic mass is 32.2. The average molecular weight is 314 g/mol.